The highest BCUT2D eigenvalue weighted by molar-refractivity contribution is 7.93. The van der Waals surface area contributed by atoms with Gasteiger partial charge in [-0.3, -0.25) is 15.2 Å². The molecule has 0 aliphatic carbocycles. The molecule has 1 aliphatic rings. The van der Waals surface area contributed by atoms with Crippen molar-refractivity contribution in [3.05, 3.63) is 35.9 Å². The fourth-order valence-electron chi connectivity index (χ4n) is 3.14. The minimum Gasteiger partial charge on any atom is -0.381 e. The van der Waals surface area contributed by atoms with E-state index in [1.54, 1.807) is 12.1 Å². The number of nitrogens with zero attached hydrogens (tertiary/aromatic N) is 2. The zero-order valence-corrected chi connectivity index (χ0v) is 18.0. The Balaban J connectivity index is 1.68. The van der Waals surface area contributed by atoms with Crippen molar-refractivity contribution < 1.29 is 26.7 Å². The highest BCUT2D eigenvalue weighted by Crippen LogP contribution is 2.26. The maximum absolute atomic E-state index is 12.9. The molecule has 11 heteroatoms. The minimum atomic E-state index is -3.74. The van der Waals surface area contributed by atoms with Gasteiger partial charge in [-0.25, -0.2) is 8.42 Å². The summed E-state index contributed by atoms with van der Waals surface area (Å²) >= 11 is 0. The van der Waals surface area contributed by atoms with E-state index in [0.717, 1.165) is 6.08 Å². The first-order valence-electron chi connectivity index (χ1n) is 9.75. The topological polar surface area (TPSA) is 114 Å². The molecule has 1 aromatic heterocycles. The Bertz CT molecular complexity index is 1060. The molecule has 1 fully saturated rings. The number of benzene rings is 1. The van der Waals surface area contributed by atoms with E-state index in [-0.39, 0.29) is 17.6 Å². The second kappa shape index (κ2) is 9.23. The monoisotopic (exact) mass is 454 g/mol. The van der Waals surface area contributed by atoms with Crippen molar-refractivity contribution in [2.45, 2.75) is 31.4 Å². The molecule has 0 saturated carbocycles. The van der Waals surface area contributed by atoms with Crippen LogP contribution in [0, 0.1) is 5.92 Å². The highest BCUT2D eigenvalue weighted by Gasteiger charge is 2.43. The lowest BCUT2D eigenvalue weighted by Crippen LogP contribution is -2.47. The lowest BCUT2D eigenvalue weighted by Gasteiger charge is -2.27. The Morgan fingerprint density at radius 1 is 1.26 bits per heavy atom. The Morgan fingerprint density at radius 3 is 2.52 bits per heavy atom. The number of hydrogen-bond donors (Lipinski definition) is 2. The molecule has 0 radical (unpaired) electrons. The van der Waals surface area contributed by atoms with Crippen LogP contribution in [0.25, 0.3) is 17.5 Å². The standard InChI is InChI=1S/C20H24F2N4O4S/c1-20(2,31(28,29)12-14-7-9-30-10-8-14)18(27)24-19-23-17(25-26-19)15-5-3-13(4-6-15)11-16(21)22/h3-6,11,14H,7-10,12H2,1-2H3,(H2,23,24,25,26,27). The zero-order chi connectivity index (χ0) is 22.6. The summed E-state index contributed by atoms with van der Waals surface area (Å²) in [6, 6.07) is 6.12. The maximum atomic E-state index is 12.9. The van der Waals surface area contributed by atoms with E-state index < -0.39 is 26.6 Å². The summed E-state index contributed by atoms with van der Waals surface area (Å²) in [5.41, 5.74) is 0.893. The molecule has 1 amide bonds. The number of amides is 1. The van der Waals surface area contributed by atoms with Gasteiger partial charge in [-0.15, -0.1) is 5.10 Å². The van der Waals surface area contributed by atoms with E-state index >= 15 is 0 Å². The first kappa shape index (κ1) is 23.0. The van der Waals surface area contributed by atoms with Crippen LogP contribution in [0.4, 0.5) is 14.7 Å². The average Bonchev–Trinajstić information content (AvgIpc) is 3.17. The van der Waals surface area contributed by atoms with Gasteiger partial charge in [0, 0.05) is 24.9 Å². The summed E-state index contributed by atoms with van der Waals surface area (Å²) in [5, 5.41) is 8.99. The van der Waals surface area contributed by atoms with Gasteiger partial charge in [0.1, 0.15) is 4.75 Å². The SMILES string of the molecule is CC(C)(C(=O)Nc1n[nH]c(-c2ccc(C=C(F)F)cc2)n1)S(=O)(=O)CC1CCOCC1. The lowest BCUT2D eigenvalue weighted by molar-refractivity contribution is -0.117. The molecule has 8 nitrogen and oxygen atoms in total. The fraction of sp³-hybridized carbons (Fsp3) is 0.450. The number of carbonyl (C=O) groups is 1. The van der Waals surface area contributed by atoms with Gasteiger partial charge in [0.25, 0.3) is 6.08 Å². The molecule has 1 aromatic carbocycles. The van der Waals surface area contributed by atoms with E-state index in [2.05, 4.69) is 20.5 Å². The Labute approximate surface area is 179 Å². The number of halogens is 2. The molecule has 0 unspecified atom stereocenters. The van der Waals surface area contributed by atoms with E-state index in [0.29, 0.717) is 43.0 Å². The van der Waals surface area contributed by atoms with Crippen molar-refractivity contribution in [3.63, 3.8) is 0 Å². The molecule has 2 heterocycles. The van der Waals surface area contributed by atoms with Crippen molar-refractivity contribution in [2.75, 3.05) is 24.3 Å². The number of aromatic amines is 1. The number of carbonyl (C=O) groups excluding carboxylic acids is 1. The molecule has 0 atom stereocenters. The van der Waals surface area contributed by atoms with Crippen LogP contribution in [-0.4, -0.2) is 53.2 Å². The highest BCUT2D eigenvalue weighted by atomic mass is 32.2. The van der Waals surface area contributed by atoms with Gasteiger partial charge >= 0.3 is 0 Å². The number of ether oxygens (including phenoxy) is 1. The first-order chi connectivity index (χ1) is 14.6. The number of rotatable bonds is 7. The predicted octanol–water partition coefficient (Wildman–Crippen LogP) is 3.27. The van der Waals surface area contributed by atoms with Gasteiger partial charge in [0.05, 0.1) is 5.75 Å². The van der Waals surface area contributed by atoms with Crippen LogP contribution in [0.2, 0.25) is 0 Å². The van der Waals surface area contributed by atoms with Gasteiger partial charge < -0.3 is 4.74 Å². The van der Waals surface area contributed by atoms with Crippen molar-refractivity contribution in [2.24, 2.45) is 5.92 Å². The molecule has 2 N–H and O–H groups in total. The van der Waals surface area contributed by atoms with Gasteiger partial charge in [-0.05, 0) is 38.2 Å². The smallest absolute Gasteiger partial charge is 0.270 e. The number of H-pyrrole nitrogens is 1. The third kappa shape index (κ3) is 5.53. The number of anilines is 1. The molecular weight excluding hydrogens is 430 g/mol. The maximum Gasteiger partial charge on any atom is 0.270 e. The average molecular weight is 454 g/mol. The van der Waals surface area contributed by atoms with Crippen molar-refractivity contribution in [3.8, 4) is 11.4 Å². The Hall–Kier alpha value is -2.66. The van der Waals surface area contributed by atoms with Crippen LogP contribution in [0.15, 0.2) is 30.3 Å². The Morgan fingerprint density at radius 2 is 1.90 bits per heavy atom. The molecule has 2 aromatic rings. The van der Waals surface area contributed by atoms with Gasteiger partial charge in [0.15, 0.2) is 15.7 Å². The van der Waals surface area contributed by atoms with Gasteiger partial charge in [0.2, 0.25) is 11.9 Å². The summed E-state index contributed by atoms with van der Waals surface area (Å²) < 4.78 is 54.0. The van der Waals surface area contributed by atoms with E-state index in [1.165, 1.54) is 26.0 Å². The number of sulfone groups is 1. The lowest BCUT2D eigenvalue weighted by atomic mass is 10.0. The normalized spacial score (nSPS) is 15.5. The van der Waals surface area contributed by atoms with E-state index in [1.807, 2.05) is 0 Å². The third-order valence-corrected chi connectivity index (χ3v) is 7.94. The molecule has 1 saturated heterocycles. The van der Waals surface area contributed by atoms with Crippen molar-refractivity contribution in [1.29, 1.82) is 0 Å². The largest absolute Gasteiger partial charge is 0.381 e. The molecule has 0 spiro atoms. The van der Waals surface area contributed by atoms with Crippen LogP contribution in [0.1, 0.15) is 32.3 Å². The molecule has 31 heavy (non-hydrogen) atoms. The molecule has 0 bridgehead atoms. The van der Waals surface area contributed by atoms with E-state index in [4.69, 9.17) is 4.74 Å². The summed E-state index contributed by atoms with van der Waals surface area (Å²) in [7, 11) is -3.74. The molecule has 168 valence electrons. The van der Waals surface area contributed by atoms with Crippen LogP contribution in [0.5, 0.6) is 0 Å². The third-order valence-electron chi connectivity index (χ3n) is 5.29. The quantitative estimate of drug-likeness (QED) is 0.664. The molecular formula is C20H24F2N4O4S. The van der Waals surface area contributed by atoms with Crippen molar-refractivity contribution in [1.82, 2.24) is 15.2 Å². The summed E-state index contributed by atoms with van der Waals surface area (Å²) in [6.45, 7) is 3.77. The number of nitrogens with one attached hydrogen (secondary N) is 2. The van der Waals surface area contributed by atoms with Crippen LogP contribution in [0.3, 0.4) is 0 Å². The van der Waals surface area contributed by atoms with Crippen LogP contribution >= 0.6 is 0 Å². The molecule has 1 aliphatic heterocycles. The van der Waals surface area contributed by atoms with Crippen molar-refractivity contribution >= 4 is 27.8 Å². The Kier molecular flexibility index (Phi) is 6.85. The predicted molar refractivity (Wildman–Crippen MR) is 112 cm³/mol. The number of aromatic nitrogens is 3. The van der Waals surface area contributed by atoms with Gasteiger partial charge in [-0.2, -0.15) is 13.8 Å². The van der Waals surface area contributed by atoms with Crippen LogP contribution in [-0.2, 0) is 19.4 Å². The summed E-state index contributed by atoms with van der Waals surface area (Å²) in [6.07, 6.45) is 0.229. The fourth-order valence-corrected chi connectivity index (χ4v) is 4.84. The minimum absolute atomic E-state index is 0.0374. The summed E-state index contributed by atoms with van der Waals surface area (Å²) in [5.74, 6) is -0.632. The first-order valence-corrected chi connectivity index (χ1v) is 11.4. The van der Waals surface area contributed by atoms with Crippen LogP contribution < -0.4 is 5.32 Å². The van der Waals surface area contributed by atoms with E-state index in [9.17, 15) is 22.0 Å². The second-order valence-corrected chi connectivity index (χ2v) is 10.4. The zero-order valence-electron chi connectivity index (χ0n) is 17.2. The molecule has 3 rings (SSSR count). The summed E-state index contributed by atoms with van der Waals surface area (Å²) in [4.78, 5) is 16.9. The van der Waals surface area contributed by atoms with Gasteiger partial charge in [-0.1, -0.05) is 24.3 Å². The second-order valence-electron chi connectivity index (χ2n) is 7.87. The number of hydrogen-bond acceptors (Lipinski definition) is 6.